The summed E-state index contributed by atoms with van der Waals surface area (Å²) in [4.78, 5) is 14.6. The Morgan fingerprint density at radius 2 is 2.18 bits per heavy atom. The van der Waals surface area contributed by atoms with Crippen LogP contribution in [0.5, 0.6) is 0 Å². The molecule has 0 aromatic heterocycles. The summed E-state index contributed by atoms with van der Waals surface area (Å²) in [5.41, 5.74) is 8.50. The molecule has 4 nitrogen and oxygen atoms in total. The Hall–Kier alpha value is -1.10. The Kier molecular flexibility index (Phi) is 6.24. The van der Waals surface area contributed by atoms with Gasteiger partial charge in [0.05, 0.1) is 17.3 Å². The van der Waals surface area contributed by atoms with Crippen LogP contribution in [0.3, 0.4) is 0 Å². The zero-order valence-corrected chi connectivity index (χ0v) is 14.2. The summed E-state index contributed by atoms with van der Waals surface area (Å²) in [6, 6.07) is 4.33. The minimum absolute atomic E-state index is 0.00206. The third-order valence-corrected chi connectivity index (χ3v) is 4.59. The van der Waals surface area contributed by atoms with Crippen molar-refractivity contribution in [2.75, 3.05) is 25.0 Å². The van der Waals surface area contributed by atoms with Gasteiger partial charge in [0.15, 0.2) is 0 Å². The lowest BCUT2D eigenvalue weighted by atomic mass is 9.99. The summed E-state index contributed by atoms with van der Waals surface area (Å²) in [6.45, 7) is 6.01. The van der Waals surface area contributed by atoms with E-state index in [2.05, 4.69) is 10.2 Å². The van der Waals surface area contributed by atoms with Gasteiger partial charge in [0.2, 0.25) is 5.91 Å². The highest BCUT2D eigenvalue weighted by molar-refractivity contribution is 6.34. The Morgan fingerprint density at radius 3 is 2.86 bits per heavy atom. The lowest BCUT2D eigenvalue weighted by Crippen LogP contribution is -2.44. The molecule has 1 atom stereocenters. The standard InChI is InChI=1S/C17H26ClN3O/c1-12-9-13(2)17(15(18)10-12)20-16(22)11-21-8-4-3-5-14(21)6-7-19/h9-10,14H,3-8,11,19H2,1-2H3,(H,20,22). The second kappa shape index (κ2) is 7.95. The van der Waals surface area contributed by atoms with Crippen molar-refractivity contribution >= 4 is 23.2 Å². The number of carbonyl (C=O) groups is 1. The molecule has 0 aliphatic carbocycles. The van der Waals surface area contributed by atoms with Gasteiger partial charge in [0.25, 0.3) is 0 Å². The number of anilines is 1. The summed E-state index contributed by atoms with van der Waals surface area (Å²) in [5.74, 6) is -0.00206. The van der Waals surface area contributed by atoms with Crippen LogP contribution in [0.2, 0.25) is 5.02 Å². The van der Waals surface area contributed by atoms with Crippen LogP contribution in [0.25, 0.3) is 0 Å². The number of aryl methyl sites for hydroxylation is 2. The molecule has 1 unspecified atom stereocenters. The highest BCUT2D eigenvalue weighted by Crippen LogP contribution is 2.27. The SMILES string of the molecule is Cc1cc(C)c(NC(=O)CN2CCCCC2CCN)c(Cl)c1. The van der Waals surface area contributed by atoms with Crippen LogP contribution in [0.15, 0.2) is 12.1 Å². The molecule has 2 rings (SSSR count). The smallest absolute Gasteiger partial charge is 0.238 e. The highest BCUT2D eigenvalue weighted by atomic mass is 35.5. The fourth-order valence-corrected chi connectivity index (χ4v) is 3.59. The monoisotopic (exact) mass is 323 g/mol. The zero-order valence-electron chi connectivity index (χ0n) is 13.5. The van der Waals surface area contributed by atoms with Crippen molar-refractivity contribution in [1.29, 1.82) is 0 Å². The molecule has 122 valence electrons. The normalized spacial score (nSPS) is 19.2. The molecule has 0 saturated carbocycles. The predicted molar refractivity (Wildman–Crippen MR) is 92.4 cm³/mol. The van der Waals surface area contributed by atoms with Gasteiger partial charge >= 0.3 is 0 Å². The summed E-state index contributed by atoms with van der Waals surface area (Å²) in [7, 11) is 0. The first-order valence-corrected chi connectivity index (χ1v) is 8.39. The van der Waals surface area contributed by atoms with Crippen LogP contribution in [0.1, 0.15) is 36.8 Å². The van der Waals surface area contributed by atoms with E-state index in [1.165, 1.54) is 6.42 Å². The van der Waals surface area contributed by atoms with E-state index in [9.17, 15) is 4.79 Å². The first kappa shape index (κ1) is 17.3. The maximum absolute atomic E-state index is 12.4. The summed E-state index contributed by atoms with van der Waals surface area (Å²) < 4.78 is 0. The second-order valence-electron chi connectivity index (χ2n) is 6.18. The molecule has 0 spiro atoms. The van der Waals surface area contributed by atoms with Crippen molar-refractivity contribution in [3.63, 3.8) is 0 Å². The van der Waals surface area contributed by atoms with Crippen LogP contribution in [0, 0.1) is 13.8 Å². The van der Waals surface area contributed by atoms with E-state index in [0.717, 1.165) is 42.6 Å². The van der Waals surface area contributed by atoms with Crippen LogP contribution >= 0.6 is 11.6 Å². The van der Waals surface area contributed by atoms with Crippen LogP contribution in [0.4, 0.5) is 5.69 Å². The van der Waals surface area contributed by atoms with Gasteiger partial charge in [-0.1, -0.05) is 24.1 Å². The Bertz CT molecular complexity index is 508. The molecule has 5 heteroatoms. The molecule has 1 heterocycles. The molecule has 0 bridgehead atoms. The fourth-order valence-electron chi connectivity index (χ4n) is 3.22. The Labute approximate surface area is 138 Å². The minimum atomic E-state index is -0.00206. The molecule has 1 fully saturated rings. The lowest BCUT2D eigenvalue weighted by molar-refractivity contribution is -0.118. The van der Waals surface area contributed by atoms with Crippen molar-refractivity contribution in [1.82, 2.24) is 4.90 Å². The molecule has 1 amide bonds. The second-order valence-corrected chi connectivity index (χ2v) is 6.59. The molecule has 1 aliphatic heterocycles. The average molecular weight is 324 g/mol. The number of likely N-dealkylation sites (tertiary alicyclic amines) is 1. The number of carbonyl (C=O) groups excluding carboxylic acids is 1. The van der Waals surface area contributed by atoms with Gasteiger partial charge in [-0.2, -0.15) is 0 Å². The molecule has 3 N–H and O–H groups in total. The van der Waals surface area contributed by atoms with Crippen molar-refractivity contribution in [3.05, 3.63) is 28.3 Å². The molecule has 0 radical (unpaired) electrons. The number of rotatable bonds is 5. The molecule has 1 aliphatic rings. The molecule has 1 aromatic rings. The Morgan fingerprint density at radius 1 is 1.41 bits per heavy atom. The zero-order chi connectivity index (χ0) is 16.1. The van der Waals surface area contributed by atoms with E-state index in [-0.39, 0.29) is 5.91 Å². The van der Waals surface area contributed by atoms with Gasteiger partial charge in [-0.3, -0.25) is 9.69 Å². The Balaban J connectivity index is 2.00. The topological polar surface area (TPSA) is 58.4 Å². The van der Waals surface area contributed by atoms with E-state index in [0.29, 0.717) is 24.2 Å². The third kappa shape index (κ3) is 4.45. The van der Waals surface area contributed by atoms with Crippen LogP contribution in [-0.4, -0.2) is 36.5 Å². The van der Waals surface area contributed by atoms with Crippen LogP contribution in [-0.2, 0) is 4.79 Å². The van der Waals surface area contributed by atoms with E-state index >= 15 is 0 Å². The summed E-state index contributed by atoms with van der Waals surface area (Å²) >= 11 is 6.26. The van der Waals surface area contributed by atoms with E-state index in [1.807, 2.05) is 26.0 Å². The van der Waals surface area contributed by atoms with Gasteiger partial charge in [-0.15, -0.1) is 0 Å². The van der Waals surface area contributed by atoms with Crippen molar-refractivity contribution in [2.24, 2.45) is 5.73 Å². The fraction of sp³-hybridized carbons (Fsp3) is 0.588. The summed E-state index contributed by atoms with van der Waals surface area (Å²) in [6.07, 6.45) is 4.47. The van der Waals surface area contributed by atoms with E-state index in [4.69, 9.17) is 17.3 Å². The first-order valence-electron chi connectivity index (χ1n) is 8.02. The van der Waals surface area contributed by atoms with Gasteiger partial charge < -0.3 is 11.1 Å². The first-order chi connectivity index (χ1) is 10.5. The largest absolute Gasteiger partial charge is 0.330 e. The van der Waals surface area contributed by atoms with Gasteiger partial charge in [-0.05, 0) is 63.4 Å². The third-order valence-electron chi connectivity index (χ3n) is 4.29. The number of hydrogen-bond acceptors (Lipinski definition) is 3. The number of hydrogen-bond donors (Lipinski definition) is 2. The number of amides is 1. The van der Waals surface area contributed by atoms with Gasteiger partial charge in [-0.25, -0.2) is 0 Å². The quantitative estimate of drug-likeness (QED) is 0.875. The van der Waals surface area contributed by atoms with Crippen molar-refractivity contribution < 1.29 is 4.79 Å². The van der Waals surface area contributed by atoms with E-state index in [1.54, 1.807) is 0 Å². The number of halogens is 1. The van der Waals surface area contributed by atoms with Crippen LogP contribution < -0.4 is 11.1 Å². The number of nitrogens with zero attached hydrogens (tertiary/aromatic N) is 1. The van der Waals surface area contributed by atoms with E-state index < -0.39 is 0 Å². The van der Waals surface area contributed by atoms with Crippen molar-refractivity contribution in [2.45, 2.75) is 45.6 Å². The van der Waals surface area contributed by atoms with Crippen molar-refractivity contribution in [3.8, 4) is 0 Å². The molecular formula is C17H26ClN3O. The van der Waals surface area contributed by atoms with Gasteiger partial charge in [0.1, 0.15) is 0 Å². The predicted octanol–water partition coefficient (Wildman–Crippen LogP) is 3.10. The maximum atomic E-state index is 12.4. The number of nitrogens with two attached hydrogens (primary N) is 1. The highest BCUT2D eigenvalue weighted by Gasteiger charge is 2.24. The number of piperidine rings is 1. The lowest BCUT2D eigenvalue weighted by Gasteiger charge is -2.35. The molecule has 22 heavy (non-hydrogen) atoms. The molecule has 1 saturated heterocycles. The number of benzene rings is 1. The molecule has 1 aromatic carbocycles. The molecular weight excluding hydrogens is 298 g/mol. The minimum Gasteiger partial charge on any atom is -0.330 e. The average Bonchev–Trinajstić information content (AvgIpc) is 2.45. The summed E-state index contributed by atoms with van der Waals surface area (Å²) in [5, 5.41) is 3.57. The number of nitrogens with one attached hydrogen (secondary N) is 1. The maximum Gasteiger partial charge on any atom is 0.238 e. The van der Waals surface area contributed by atoms with Gasteiger partial charge in [0, 0.05) is 6.04 Å².